The van der Waals surface area contributed by atoms with Crippen molar-refractivity contribution < 1.29 is 19.0 Å². The van der Waals surface area contributed by atoms with Gasteiger partial charge < -0.3 is 19.1 Å². The highest BCUT2D eigenvalue weighted by molar-refractivity contribution is 6.04. The molecule has 0 atom stereocenters. The quantitative estimate of drug-likeness (QED) is 0.419. The predicted octanol–water partition coefficient (Wildman–Crippen LogP) is 1.40. The Hall–Kier alpha value is -2.12. The third kappa shape index (κ3) is 7.94. The maximum atomic E-state index is 12.3. The zero-order valence-electron chi connectivity index (χ0n) is 14.9. The summed E-state index contributed by atoms with van der Waals surface area (Å²) in [7, 11) is 7.16. The molecule has 134 valence electrons. The topological polar surface area (TPSA) is 72.4 Å². The Morgan fingerprint density at radius 1 is 1.25 bits per heavy atom. The van der Waals surface area contributed by atoms with Crippen molar-refractivity contribution in [3.05, 3.63) is 29.8 Å². The number of hydrogen-bond donors (Lipinski definition) is 1. The SMILES string of the molecule is COCCOC(=NCCCN(C)C)NC(=O)c1cccc(OC)c1. The van der Waals surface area contributed by atoms with Gasteiger partial charge >= 0.3 is 0 Å². The lowest BCUT2D eigenvalue weighted by Gasteiger charge is -2.12. The molecule has 0 aliphatic heterocycles. The van der Waals surface area contributed by atoms with E-state index in [0.717, 1.165) is 13.0 Å². The summed E-state index contributed by atoms with van der Waals surface area (Å²) in [6, 6.07) is 7.11. The minimum atomic E-state index is -0.294. The molecule has 1 rings (SSSR count). The maximum absolute atomic E-state index is 12.3. The van der Waals surface area contributed by atoms with Gasteiger partial charge in [0, 0.05) is 19.2 Å². The van der Waals surface area contributed by atoms with Gasteiger partial charge in [-0.05, 0) is 45.3 Å². The molecule has 0 saturated heterocycles. The molecule has 0 aromatic heterocycles. The molecule has 1 N–H and O–H groups in total. The van der Waals surface area contributed by atoms with E-state index in [1.807, 2.05) is 14.1 Å². The summed E-state index contributed by atoms with van der Waals surface area (Å²) in [6.07, 6.45) is 0.874. The van der Waals surface area contributed by atoms with Crippen LogP contribution >= 0.6 is 0 Å². The number of aliphatic imine (C=N–C) groups is 1. The van der Waals surface area contributed by atoms with E-state index in [-0.39, 0.29) is 11.9 Å². The van der Waals surface area contributed by atoms with Gasteiger partial charge in [0.05, 0.1) is 13.7 Å². The highest BCUT2D eigenvalue weighted by atomic mass is 16.5. The zero-order valence-corrected chi connectivity index (χ0v) is 14.9. The van der Waals surface area contributed by atoms with Gasteiger partial charge in [-0.1, -0.05) is 6.07 Å². The van der Waals surface area contributed by atoms with Crippen molar-refractivity contribution in [2.24, 2.45) is 4.99 Å². The normalized spacial score (nSPS) is 11.5. The van der Waals surface area contributed by atoms with Gasteiger partial charge in [-0.15, -0.1) is 0 Å². The largest absolute Gasteiger partial charge is 0.497 e. The molecular weight excluding hydrogens is 310 g/mol. The summed E-state index contributed by atoms with van der Waals surface area (Å²) in [5.41, 5.74) is 0.477. The highest BCUT2D eigenvalue weighted by Crippen LogP contribution is 2.12. The van der Waals surface area contributed by atoms with Crippen molar-refractivity contribution in [1.82, 2.24) is 10.2 Å². The van der Waals surface area contributed by atoms with Crippen LogP contribution in [0, 0.1) is 0 Å². The van der Waals surface area contributed by atoms with E-state index in [2.05, 4.69) is 15.2 Å². The Kier molecular flexibility index (Phi) is 9.48. The van der Waals surface area contributed by atoms with E-state index in [4.69, 9.17) is 14.2 Å². The smallest absolute Gasteiger partial charge is 0.291 e. The third-order valence-electron chi connectivity index (χ3n) is 3.10. The molecule has 0 aliphatic carbocycles. The molecule has 1 aromatic carbocycles. The lowest BCUT2D eigenvalue weighted by molar-refractivity contribution is 0.0953. The van der Waals surface area contributed by atoms with Gasteiger partial charge in [0.1, 0.15) is 12.4 Å². The van der Waals surface area contributed by atoms with E-state index in [9.17, 15) is 4.79 Å². The number of amides is 1. The van der Waals surface area contributed by atoms with Crippen molar-refractivity contribution in [1.29, 1.82) is 0 Å². The van der Waals surface area contributed by atoms with Crippen molar-refractivity contribution in [2.75, 3.05) is 54.6 Å². The fourth-order valence-electron chi connectivity index (χ4n) is 1.84. The zero-order chi connectivity index (χ0) is 17.8. The van der Waals surface area contributed by atoms with Crippen LogP contribution in [0.1, 0.15) is 16.8 Å². The Balaban J connectivity index is 2.67. The second kappa shape index (κ2) is 11.4. The number of benzene rings is 1. The Labute approximate surface area is 143 Å². The molecule has 1 aromatic rings. The Bertz CT molecular complexity index is 532. The molecular formula is C17H27N3O4. The van der Waals surface area contributed by atoms with Crippen LogP contribution in [-0.4, -0.2) is 71.4 Å². The van der Waals surface area contributed by atoms with Gasteiger partial charge in [-0.2, -0.15) is 0 Å². The van der Waals surface area contributed by atoms with Crippen LogP contribution in [-0.2, 0) is 9.47 Å². The third-order valence-corrected chi connectivity index (χ3v) is 3.10. The fourth-order valence-corrected chi connectivity index (χ4v) is 1.84. The van der Waals surface area contributed by atoms with Crippen molar-refractivity contribution in [3.8, 4) is 5.75 Å². The molecule has 0 aliphatic rings. The first-order valence-electron chi connectivity index (χ1n) is 7.83. The van der Waals surface area contributed by atoms with Crippen molar-refractivity contribution in [3.63, 3.8) is 0 Å². The van der Waals surface area contributed by atoms with Crippen LogP contribution in [0.5, 0.6) is 5.75 Å². The number of hydrogen-bond acceptors (Lipinski definition) is 6. The summed E-state index contributed by atoms with van der Waals surface area (Å²) in [5.74, 6) is 0.324. The van der Waals surface area contributed by atoms with Crippen LogP contribution in [0.15, 0.2) is 29.3 Å². The highest BCUT2D eigenvalue weighted by Gasteiger charge is 2.11. The number of carbonyl (C=O) groups is 1. The monoisotopic (exact) mass is 337 g/mol. The number of nitrogens with zero attached hydrogens (tertiary/aromatic N) is 2. The van der Waals surface area contributed by atoms with Crippen LogP contribution in [0.3, 0.4) is 0 Å². The summed E-state index contributed by atoms with van der Waals surface area (Å²) in [6.45, 7) is 2.23. The van der Waals surface area contributed by atoms with Crippen molar-refractivity contribution in [2.45, 2.75) is 6.42 Å². The molecule has 1 amide bonds. The predicted molar refractivity (Wildman–Crippen MR) is 93.8 cm³/mol. The summed E-state index contributed by atoms with van der Waals surface area (Å²) in [4.78, 5) is 18.7. The number of rotatable bonds is 9. The molecule has 7 nitrogen and oxygen atoms in total. The minimum Gasteiger partial charge on any atom is -0.497 e. The van der Waals surface area contributed by atoms with Crippen LogP contribution in [0.25, 0.3) is 0 Å². The maximum Gasteiger partial charge on any atom is 0.291 e. The molecule has 7 heteroatoms. The Morgan fingerprint density at radius 2 is 2.04 bits per heavy atom. The number of methoxy groups -OCH3 is 2. The lowest BCUT2D eigenvalue weighted by Crippen LogP contribution is -2.33. The van der Waals surface area contributed by atoms with Crippen LogP contribution < -0.4 is 10.1 Å². The first kappa shape index (κ1) is 19.9. The molecule has 0 heterocycles. The molecule has 24 heavy (non-hydrogen) atoms. The number of ether oxygens (including phenoxy) is 3. The molecule has 0 saturated carbocycles. The second-order valence-electron chi connectivity index (χ2n) is 5.37. The lowest BCUT2D eigenvalue weighted by atomic mass is 10.2. The molecule has 0 radical (unpaired) electrons. The van der Waals surface area contributed by atoms with Gasteiger partial charge in [-0.3, -0.25) is 10.1 Å². The van der Waals surface area contributed by atoms with E-state index in [1.54, 1.807) is 38.5 Å². The van der Waals surface area contributed by atoms with Crippen molar-refractivity contribution >= 4 is 11.9 Å². The first-order valence-corrected chi connectivity index (χ1v) is 7.83. The van der Waals surface area contributed by atoms with E-state index in [0.29, 0.717) is 31.1 Å². The molecule has 0 fully saturated rings. The fraction of sp³-hybridized carbons (Fsp3) is 0.529. The Morgan fingerprint density at radius 3 is 2.71 bits per heavy atom. The van der Waals surface area contributed by atoms with E-state index in [1.165, 1.54) is 0 Å². The molecule has 0 bridgehead atoms. The standard InChI is InChI=1S/C17H27N3O4/c1-20(2)10-6-9-18-17(24-12-11-22-3)19-16(21)14-7-5-8-15(13-14)23-4/h5,7-8,13H,6,9-12H2,1-4H3,(H,18,19,21). The van der Waals surface area contributed by atoms with E-state index < -0.39 is 0 Å². The second-order valence-corrected chi connectivity index (χ2v) is 5.37. The number of amidine groups is 1. The average molecular weight is 337 g/mol. The average Bonchev–Trinajstić information content (AvgIpc) is 2.58. The van der Waals surface area contributed by atoms with Gasteiger partial charge in [-0.25, -0.2) is 4.99 Å². The van der Waals surface area contributed by atoms with Gasteiger partial charge in [0.2, 0.25) is 0 Å². The minimum absolute atomic E-state index is 0.207. The first-order chi connectivity index (χ1) is 11.6. The summed E-state index contributed by atoms with van der Waals surface area (Å²) >= 11 is 0. The van der Waals surface area contributed by atoms with Gasteiger partial charge in [0.25, 0.3) is 11.9 Å². The van der Waals surface area contributed by atoms with E-state index >= 15 is 0 Å². The van der Waals surface area contributed by atoms with Crippen LogP contribution in [0.4, 0.5) is 0 Å². The number of nitrogens with one attached hydrogen (secondary N) is 1. The van der Waals surface area contributed by atoms with Crippen LogP contribution in [0.2, 0.25) is 0 Å². The number of carbonyl (C=O) groups excluding carboxylic acids is 1. The molecule has 0 spiro atoms. The molecule has 0 unspecified atom stereocenters. The summed E-state index contributed by atoms with van der Waals surface area (Å²) < 4.78 is 15.6. The van der Waals surface area contributed by atoms with Gasteiger partial charge in [0.15, 0.2) is 0 Å². The summed E-state index contributed by atoms with van der Waals surface area (Å²) in [5, 5.41) is 2.70.